The molecule has 5 heteroatoms. The number of aryl methyl sites for hydroxylation is 1. The number of nitrogens with one attached hydrogen (secondary N) is 1. The van der Waals surface area contributed by atoms with E-state index in [1.807, 2.05) is 79.7 Å². The van der Waals surface area contributed by atoms with Crippen LogP contribution in [0.25, 0.3) is 6.08 Å². The molecule has 0 heterocycles. The van der Waals surface area contributed by atoms with Gasteiger partial charge in [0.1, 0.15) is 6.61 Å². The number of carbonyl (C=O) groups excluding carboxylic acids is 1. The average molecular weight is 417 g/mol. The largest absolute Gasteiger partial charge is 0.493 e. The Balaban J connectivity index is 1.62. The van der Waals surface area contributed by atoms with Crippen molar-refractivity contribution >= 4 is 23.4 Å². The number of benzene rings is 3. The standard InChI is InChI=1S/C26H28N2O3/c1-19-7-5-6-8-21(19)18-31-24-15-9-20(17-25(24)30-4)10-16-26(29)27-22-11-13-23(14-12-22)28(2)3/h5-17H,18H2,1-4H3,(H,27,29). The third kappa shape index (κ3) is 6.12. The van der Waals surface area contributed by atoms with Crippen molar-refractivity contribution in [2.24, 2.45) is 0 Å². The minimum absolute atomic E-state index is 0.198. The summed E-state index contributed by atoms with van der Waals surface area (Å²) >= 11 is 0. The molecular formula is C26H28N2O3. The predicted octanol–water partition coefficient (Wildman–Crippen LogP) is 5.30. The lowest BCUT2D eigenvalue weighted by molar-refractivity contribution is -0.111. The van der Waals surface area contributed by atoms with E-state index in [0.717, 1.165) is 22.5 Å². The highest BCUT2D eigenvalue weighted by Crippen LogP contribution is 2.29. The van der Waals surface area contributed by atoms with E-state index in [1.165, 1.54) is 11.6 Å². The Morgan fingerprint density at radius 1 is 1.00 bits per heavy atom. The van der Waals surface area contributed by atoms with Gasteiger partial charge in [0.2, 0.25) is 5.91 Å². The van der Waals surface area contributed by atoms with Crippen molar-refractivity contribution in [1.29, 1.82) is 0 Å². The minimum atomic E-state index is -0.198. The quantitative estimate of drug-likeness (QED) is 0.506. The fraction of sp³-hybridized carbons (Fsp3) is 0.192. The first kappa shape index (κ1) is 22.0. The second kappa shape index (κ2) is 10.3. The Kier molecular flexibility index (Phi) is 7.33. The van der Waals surface area contributed by atoms with Crippen LogP contribution in [0.2, 0.25) is 0 Å². The number of carbonyl (C=O) groups is 1. The van der Waals surface area contributed by atoms with Gasteiger partial charge in [0.25, 0.3) is 0 Å². The molecule has 0 bridgehead atoms. The summed E-state index contributed by atoms with van der Waals surface area (Å²) in [5.74, 6) is 1.08. The molecule has 0 saturated heterocycles. The summed E-state index contributed by atoms with van der Waals surface area (Å²) in [6, 6.07) is 21.4. The summed E-state index contributed by atoms with van der Waals surface area (Å²) in [6.07, 6.45) is 3.25. The lowest BCUT2D eigenvalue weighted by atomic mass is 10.1. The van der Waals surface area contributed by atoms with E-state index in [2.05, 4.69) is 18.3 Å². The monoisotopic (exact) mass is 416 g/mol. The second-order valence-corrected chi connectivity index (χ2v) is 7.39. The van der Waals surface area contributed by atoms with Gasteiger partial charge in [0, 0.05) is 31.5 Å². The number of amides is 1. The highest BCUT2D eigenvalue weighted by atomic mass is 16.5. The molecule has 0 aliphatic carbocycles. The fourth-order valence-corrected chi connectivity index (χ4v) is 3.03. The van der Waals surface area contributed by atoms with Gasteiger partial charge in [0.15, 0.2) is 11.5 Å². The van der Waals surface area contributed by atoms with Gasteiger partial charge in [-0.25, -0.2) is 0 Å². The van der Waals surface area contributed by atoms with Gasteiger partial charge in [0.05, 0.1) is 7.11 Å². The van der Waals surface area contributed by atoms with E-state index in [9.17, 15) is 4.79 Å². The third-order valence-electron chi connectivity index (χ3n) is 4.91. The SMILES string of the molecule is COc1cc(C=CC(=O)Nc2ccc(N(C)C)cc2)ccc1OCc1ccccc1C. The van der Waals surface area contributed by atoms with Gasteiger partial charge in [-0.2, -0.15) is 0 Å². The number of nitrogens with zero attached hydrogens (tertiary/aromatic N) is 1. The number of hydrogen-bond acceptors (Lipinski definition) is 4. The molecule has 0 unspecified atom stereocenters. The number of methoxy groups -OCH3 is 1. The molecule has 1 N–H and O–H groups in total. The Bertz CT molecular complexity index is 1060. The molecule has 3 rings (SSSR count). The van der Waals surface area contributed by atoms with Crippen LogP contribution in [-0.4, -0.2) is 27.1 Å². The highest BCUT2D eigenvalue weighted by Gasteiger charge is 2.07. The van der Waals surface area contributed by atoms with Crippen LogP contribution in [0.1, 0.15) is 16.7 Å². The smallest absolute Gasteiger partial charge is 0.248 e. The lowest BCUT2D eigenvalue weighted by Crippen LogP contribution is -2.10. The fourth-order valence-electron chi connectivity index (χ4n) is 3.03. The van der Waals surface area contributed by atoms with Crippen LogP contribution in [0.3, 0.4) is 0 Å². The van der Waals surface area contributed by atoms with Crippen LogP contribution in [0.15, 0.2) is 72.8 Å². The van der Waals surface area contributed by atoms with Crippen molar-refractivity contribution in [3.05, 3.63) is 89.5 Å². The Morgan fingerprint density at radius 3 is 2.42 bits per heavy atom. The van der Waals surface area contributed by atoms with Crippen LogP contribution >= 0.6 is 0 Å². The Hall–Kier alpha value is -3.73. The number of rotatable bonds is 8. The van der Waals surface area contributed by atoms with Crippen LogP contribution in [0.5, 0.6) is 11.5 Å². The molecule has 0 saturated carbocycles. The van der Waals surface area contributed by atoms with E-state index < -0.39 is 0 Å². The van der Waals surface area contributed by atoms with E-state index in [0.29, 0.717) is 18.1 Å². The maximum absolute atomic E-state index is 12.3. The van der Waals surface area contributed by atoms with Crippen LogP contribution in [0, 0.1) is 6.92 Å². The van der Waals surface area contributed by atoms with Gasteiger partial charge >= 0.3 is 0 Å². The van der Waals surface area contributed by atoms with Crippen molar-refractivity contribution in [1.82, 2.24) is 0 Å². The summed E-state index contributed by atoms with van der Waals surface area (Å²) in [5.41, 5.74) is 4.98. The van der Waals surface area contributed by atoms with Crippen molar-refractivity contribution in [2.45, 2.75) is 13.5 Å². The van der Waals surface area contributed by atoms with Crippen LogP contribution in [-0.2, 0) is 11.4 Å². The molecule has 0 fully saturated rings. The first-order chi connectivity index (χ1) is 15.0. The van der Waals surface area contributed by atoms with E-state index in [-0.39, 0.29) is 5.91 Å². The third-order valence-corrected chi connectivity index (χ3v) is 4.91. The zero-order valence-corrected chi connectivity index (χ0v) is 18.4. The molecule has 0 aliphatic heterocycles. The molecule has 1 amide bonds. The first-order valence-electron chi connectivity index (χ1n) is 10.1. The van der Waals surface area contributed by atoms with Crippen molar-refractivity contribution in [3.8, 4) is 11.5 Å². The highest BCUT2D eigenvalue weighted by molar-refractivity contribution is 6.02. The zero-order valence-electron chi connectivity index (χ0n) is 18.4. The van der Waals surface area contributed by atoms with E-state index >= 15 is 0 Å². The second-order valence-electron chi connectivity index (χ2n) is 7.39. The molecule has 0 aliphatic rings. The predicted molar refractivity (Wildman–Crippen MR) is 127 cm³/mol. The van der Waals surface area contributed by atoms with Gasteiger partial charge in [-0.05, 0) is 66.1 Å². The van der Waals surface area contributed by atoms with Crippen molar-refractivity contribution in [3.63, 3.8) is 0 Å². The molecule has 0 radical (unpaired) electrons. The van der Waals surface area contributed by atoms with E-state index in [4.69, 9.17) is 9.47 Å². The topological polar surface area (TPSA) is 50.8 Å². The summed E-state index contributed by atoms with van der Waals surface area (Å²) < 4.78 is 11.4. The molecule has 0 spiro atoms. The number of anilines is 2. The first-order valence-corrected chi connectivity index (χ1v) is 10.1. The molecule has 0 atom stereocenters. The number of ether oxygens (including phenoxy) is 2. The summed E-state index contributed by atoms with van der Waals surface area (Å²) in [6.45, 7) is 2.53. The Labute approximate surface area is 183 Å². The van der Waals surface area contributed by atoms with Gasteiger partial charge in [-0.3, -0.25) is 4.79 Å². The summed E-state index contributed by atoms with van der Waals surface area (Å²) in [5, 5.41) is 2.86. The van der Waals surface area contributed by atoms with Crippen molar-refractivity contribution in [2.75, 3.05) is 31.4 Å². The maximum Gasteiger partial charge on any atom is 0.248 e. The van der Waals surface area contributed by atoms with E-state index in [1.54, 1.807) is 13.2 Å². The lowest BCUT2D eigenvalue weighted by Gasteiger charge is -2.13. The summed E-state index contributed by atoms with van der Waals surface area (Å²) in [4.78, 5) is 14.3. The van der Waals surface area contributed by atoms with Crippen LogP contribution in [0.4, 0.5) is 11.4 Å². The average Bonchev–Trinajstić information content (AvgIpc) is 2.77. The van der Waals surface area contributed by atoms with Crippen LogP contribution < -0.4 is 19.7 Å². The maximum atomic E-state index is 12.3. The van der Waals surface area contributed by atoms with Gasteiger partial charge in [-0.15, -0.1) is 0 Å². The van der Waals surface area contributed by atoms with Gasteiger partial charge in [-0.1, -0.05) is 30.3 Å². The molecule has 31 heavy (non-hydrogen) atoms. The number of hydrogen-bond donors (Lipinski definition) is 1. The Morgan fingerprint density at radius 2 is 1.74 bits per heavy atom. The normalized spacial score (nSPS) is 10.7. The summed E-state index contributed by atoms with van der Waals surface area (Å²) in [7, 11) is 5.56. The van der Waals surface area contributed by atoms with Crippen molar-refractivity contribution < 1.29 is 14.3 Å². The molecule has 5 nitrogen and oxygen atoms in total. The molecule has 3 aromatic carbocycles. The molecule has 160 valence electrons. The molecular weight excluding hydrogens is 388 g/mol. The minimum Gasteiger partial charge on any atom is -0.493 e. The van der Waals surface area contributed by atoms with Gasteiger partial charge < -0.3 is 19.7 Å². The molecule has 0 aromatic heterocycles. The molecule has 3 aromatic rings. The zero-order chi connectivity index (χ0) is 22.2.